The van der Waals surface area contributed by atoms with Crippen molar-refractivity contribution in [3.05, 3.63) is 75.8 Å². The van der Waals surface area contributed by atoms with E-state index in [1.54, 1.807) is 0 Å². The minimum absolute atomic E-state index is 0.460. The van der Waals surface area contributed by atoms with Crippen LogP contribution in [0.4, 0.5) is 0 Å². The molecule has 0 aromatic heterocycles. The topological polar surface area (TPSA) is 0 Å². The van der Waals surface area contributed by atoms with Crippen molar-refractivity contribution in [3.8, 4) is 22.3 Å². The molecule has 0 nitrogen and oxygen atoms in total. The van der Waals surface area contributed by atoms with E-state index in [1.807, 2.05) is 0 Å². The highest BCUT2D eigenvalue weighted by atomic mass is 31.0. The molecular formula is C36H51P. The second kappa shape index (κ2) is 11.9. The Balaban J connectivity index is 2.44. The van der Waals surface area contributed by atoms with Crippen LogP contribution in [-0.2, 0) is 0 Å². The van der Waals surface area contributed by atoms with Gasteiger partial charge in [0.05, 0.1) is 0 Å². The number of rotatable bonds is 8. The number of benzene rings is 3. The summed E-state index contributed by atoms with van der Waals surface area (Å²) in [5, 5.41) is 1.32. The predicted molar refractivity (Wildman–Crippen MR) is 171 cm³/mol. The van der Waals surface area contributed by atoms with Crippen LogP contribution in [0, 0.1) is 0 Å². The van der Waals surface area contributed by atoms with E-state index in [4.69, 9.17) is 0 Å². The number of hydrogen-bond acceptors (Lipinski definition) is 0. The summed E-state index contributed by atoms with van der Waals surface area (Å²) in [6.45, 7) is 28.0. The Hall–Kier alpha value is -1.91. The molecule has 0 bridgehead atoms. The molecule has 3 aromatic rings. The Morgan fingerprint density at radius 1 is 0.432 bits per heavy atom. The summed E-state index contributed by atoms with van der Waals surface area (Å²) in [7, 11) is 3.17. The minimum Gasteiger partial charge on any atom is -0.104 e. The third-order valence-electron chi connectivity index (χ3n) is 7.91. The summed E-state index contributed by atoms with van der Waals surface area (Å²) in [4.78, 5) is 0. The lowest BCUT2D eigenvalue weighted by Crippen LogP contribution is -2.11. The van der Waals surface area contributed by atoms with Gasteiger partial charge in [0.25, 0.3) is 0 Å². The Kier molecular flexibility index (Phi) is 9.51. The summed E-state index contributed by atoms with van der Waals surface area (Å²) >= 11 is 0. The van der Waals surface area contributed by atoms with Crippen LogP contribution < -0.4 is 5.30 Å². The molecule has 0 fully saturated rings. The first-order valence-electron chi connectivity index (χ1n) is 14.5. The van der Waals surface area contributed by atoms with Gasteiger partial charge in [-0.05, 0) is 96.4 Å². The zero-order chi connectivity index (χ0) is 27.8. The molecule has 0 aliphatic rings. The van der Waals surface area contributed by atoms with Crippen LogP contribution in [0.3, 0.4) is 0 Å². The lowest BCUT2D eigenvalue weighted by Gasteiger charge is -2.27. The average molecular weight is 515 g/mol. The van der Waals surface area contributed by atoms with E-state index in [9.17, 15) is 0 Å². The molecule has 1 atom stereocenters. The molecule has 200 valence electrons. The van der Waals surface area contributed by atoms with Gasteiger partial charge in [-0.3, -0.25) is 0 Å². The SMILES string of the molecule is CC(C)c1cc(C(C)C)c(-c2cccc(-c3c(C(C)C)cc(C(C)C)cc3C(C)C)c2P)c(C(C)C)c1. The third-order valence-corrected chi connectivity index (χ3v) is 8.53. The van der Waals surface area contributed by atoms with E-state index in [0.717, 1.165) is 0 Å². The van der Waals surface area contributed by atoms with Crippen LogP contribution in [0.1, 0.15) is 152 Å². The van der Waals surface area contributed by atoms with Crippen LogP contribution in [0.25, 0.3) is 22.3 Å². The highest BCUT2D eigenvalue weighted by Gasteiger charge is 2.24. The Morgan fingerprint density at radius 2 is 0.703 bits per heavy atom. The molecule has 0 saturated heterocycles. The van der Waals surface area contributed by atoms with Crippen molar-refractivity contribution in [2.45, 2.75) is 119 Å². The van der Waals surface area contributed by atoms with Crippen molar-refractivity contribution in [2.75, 3.05) is 0 Å². The van der Waals surface area contributed by atoms with Gasteiger partial charge < -0.3 is 0 Å². The molecule has 0 spiro atoms. The molecule has 0 N–H and O–H groups in total. The quantitative estimate of drug-likeness (QED) is 0.262. The first-order valence-corrected chi connectivity index (χ1v) is 15.1. The smallest absolute Gasteiger partial charge is 0.0100 e. The van der Waals surface area contributed by atoms with Crippen molar-refractivity contribution < 1.29 is 0 Å². The predicted octanol–water partition coefficient (Wildman–Crippen LogP) is 11.3. The van der Waals surface area contributed by atoms with Gasteiger partial charge in [-0.25, -0.2) is 0 Å². The fourth-order valence-electron chi connectivity index (χ4n) is 5.53. The maximum absolute atomic E-state index is 3.17. The van der Waals surface area contributed by atoms with Gasteiger partial charge in [-0.1, -0.05) is 126 Å². The Morgan fingerprint density at radius 3 is 0.919 bits per heavy atom. The third kappa shape index (κ3) is 6.06. The zero-order valence-electron chi connectivity index (χ0n) is 25.6. The van der Waals surface area contributed by atoms with E-state index in [2.05, 4.69) is 135 Å². The van der Waals surface area contributed by atoms with Crippen LogP contribution >= 0.6 is 9.24 Å². The molecule has 0 heterocycles. The lowest BCUT2D eigenvalue weighted by atomic mass is 9.79. The summed E-state index contributed by atoms with van der Waals surface area (Å²) in [6.07, 6.45) is 0. The maximum Gasteiger partial charge on any atom is -0.0100 e. The van der Waals surface area contributed by atoms with Gasteiger partial charge in [-0.15, -0.1) is 9.24 Å². The van der Waals surface area contributed by atoms with Crippen molar-refractivity contribution in [1.82, 2.24) is 0 Å². The van der Waals surface area contributed by atoms with E-state index >= 15 is 0 Å². The van der Waals surface area contributed by atoms with Crippen LogP contribution in [-0.4, -0.2) is 0 Å². The molecule has 0 aliphatic heterocycles. The summed E-state index contributed by atoms with van der Waals surface area (Å²) in [5.41, 5.74) is 14.4. The van der Waals surface area contributed by atoms with E-state index in [1.165, 1.54) is 60.9 Å². The maximum atomic E-state index is 3.17. The molecule has 1 heteroatoms. The zero-order valence-corrected chi connectivity index (χ0v) is 26.7. The first kappa shape index (κ1) is 29.6. The second-order valence-corrected chi connectivity index (χ2v) is 13.4. The van der Waals surface area contributed by atoms with Gasteiger partial charge in [0.15, 0.2) is 0 Å². The molecule has 0 aliphatic carbocycles. The molecule has 0 amide bonds. The van der Waals surface area contributed by atoms with E-state index in [-0.39, 0.29) is 0 Å². The normalized spacial score (nSPS) is 12.3. The van der Waals surface area contributed by atoms with Gasteiger partial charge in [-0.2, -0.15) is 0 Å². The van der Waals surface area contributed by atoms with E-state index < -0.39 is 0 Å². The van der Waals surface area contributed by atoms with Gasteiger partial charge in [0, 0.05) is 0 Å². The van der Waals surface area contributed by atoms with E-state index in [0.29, 0.717) is 35.5 Å². The summed E-state index contributed by atoms with van der Waals surface area (Å²) < 4.78 is 0. The van der Waals surface area contributed by atoms with Gasteiger partial charge in [0.2, 0.25) is 0 Å². The second-order valence-electron chi connectivity index (χ2n) is 12.8. The van der Waals surface area contributed by atoms with Gasteiger partial charge >= 0.3 is 0 Å². The fourth-order valence-corrected chi connectivity index (χ4v) is 6.02. The first-order chi connectivity index (χ1) is 17.3. The molecule has 1 unspecified atom stereocenters. The van der Waals surface area contributed by atoms with Gasteiger partial charge in [0.1, 0.15) is 0 Å². The summed E-state index contributed by atoms with van der Waals surface area (Å²) in [5.74, 6) is 2.88. The van der Waals surface area contributed by atoms with Crippen molar-refractivity contribution in [2.24, 2.45) is 0 Å². The monoisotopic (exact) mass is 514 g/mol. The molecule has 37 heavy (non-hydrogen) atoms. The average Bonchev–Trinajstić information content (AvgIpc) is 2.82. The standard InChI is InChI=1S/C36H51P/c1-20(2)26-16-30(22(5)6)34(31(17-26)23(7)8)28-14-13-15-29(36(28)37)35-32(24(9)10)18-27(21(3)4)19-33(35)25(11)12/h13-25H,37H2,1-12H3. The summed E-state index contributed by atoms with van der Waals surface area (Å²) in [6, 6.07) is 16.9. The highest BCUT2D eigenvalue weighted by Crippen LogP contribution is 2.43. The van der Waals surface area contributed by atoms with Crippen molar-refractivity contribution >= 4 is 14.5 Å². The molecule has 0 saturated carbocycles. The Labute approximate surface area is 230 Å². The fraction of sp³-hybridized carbons (Fsp3) is 0.500. The highest BCUT2D eigenvalue weighted by molar-refractivity contribution is 7.28. The molecule has 3 rings (SSSR count). The van der Waals surface area contributed by atoms with Crippen LogP contribution in [0.15, 0.2) is 42.5 Å². The van der Waals surface area contributed by atoms with Crippen molar-refractivity contribution in [1.29, 1.82) is 0 Å². The van der Waals surface area contributed by atoms with Crippen LogP contribution in [0.5, 0.6) is 0 Å². The minimum atomic E-state index is 0.460. The Bertz CT molecular complexity index is 1090. The molecular weight excluding hydrogens is 463 g/mol. The lowest BCUT2D eigenvalue weighted by molar-refractivity contribution is 0.807. The van der Waals surface area contributed by atoms with Crippen LogP contribution in [0.2, 0.25) is 0 Å². The molecule has 3 aromatic carbocycles. The largest absolute Gasteiger partial charge is 0.104 e. The number of hydrogen-bond donors (Lipinski definition) is 0. The molecule has 0 radical (unpaired) electrons. The van der Waals surface area contributed by atoms with Crippen molar-refractivity contribution in [3.63, 3.8) is 0 Å².